The van der Waals surface area contributed by atoms with E-state index in [0.29, 0.717) is 11.5 Å². The van der Waals surface area contributed by atoms with Gasteiger partial charge in [0.05, 0.1) is 12.5 Å². The molecule has 0 aliphatic carbocycles. The molecule has 0 aliphatic heterocycles. The lowest BCUT2D eigenvalue weighted by atomic mass is 9.77. The SMILES string of the molecule is Cc1cc(C(C)(C)c2ccc(OC[C@@H](O)CCl)cc2)ccc1OC[C@@H](O)CO. The molecule has 2 aromatic rings. The Morgan fingerprint density at radius 1 is 0.929 bits per heavy atom. The van der Waals surface area contributed by atoms with E-state index in [1.54, 1.807) is 0 Å². The summed E-state index contributed by atoms with van der Waals surface area (Å²) in [5, 5.41) is 27.8. The molecular weight excluding hydrogens is 380 g/mol. The van der Waals surface area contributed by atoms with Crippen LogP contribution >= 0.6 is 11.6 Å². The monoisotopic (exact) mass is 408 g/mol. The molecule has 0 fully saturated rings. The molecule has 0 unspecified atom stereocenters. The molecule has 0 heterocycles. The third-order valence-electron chi connectivity index (χ3n) is 4.74. The molecule has 2 rings (SSSR count). The highest BCUT2D eigenvalue weighted by atomic mass is 35.5. The predicted molar refractivity (Wildman–Crippen MR) is 111 cm³/mol. The smallest absolute Gasteiger partial charge is 0.122 e. The van der Waals surface area contributed by atoms with Gasteiger partial charge in [0.1, 0.15) is 36.9 Å². The van der Waals surface area contributed by atoms with Crippen molar-refractivity contribution < 1.29 is 24.8 Å². The van der Waals surface area contributed by atoms with Crippen LogP contribution in [0.15, 0.2) is 42.5 Å². The number of rotatable bonds is 10. The molecule has 0 saturated heterocycles. The van der Waals surface area contributed by atoms with Gasteiger partial charge in [0.2, 0.25) is 0 Å². The number of alkyl halides is 1. The van der Waals surface area contributed by atoms with Crippen LogP contribution in [-0.2, 0) is 5.41 Å². The molecule has 0 saturated carbocycles. The Hall–Kier alpha value is -1.79. The summed E-state index contributed by atoms with van der Waals surface area (Å²) in [6.07, 6.45) is -1.57. The second-order valence-electron chi connectivity index (χ2n) is 7.40. The summed E-state index contributed by atoms with van der Waals surface area (Å²) in [6.45, 7) is 6.14. The Balaban J connectivity index is 2.11. The second-order valence-corrected chi connectivity index (χ2v) is 7.70. The highest BCUT2D eigenvalue weighted by Crippen LogP contribution is 2.34. The fourth-order valence-corrected chi connectivity index (χ4v) is 2.90. The molecule has 154 valence electrons. The quantitative estimate of drug-likeness (QED) is 0.526. The predicted octanol–water partition coefficient (Wildman–Crippen LogP) is 3.03. The van der Waals surface area contributed by atoms with Crippen molar-refractivity contribution in [2.24, 2.45) is 0 Å². The number of hydrogen-bond donors (Lipinski definition) is 3. The maximum atomic E-state index is 9.49. The summed E-state index contributed by atoms with van der Waals surface area (Å²) in [7, 11) is 0. The number of hydrogen-bond acceptors (Lipinski definition) is 5. The normalized spacial score (nSPS) is 13.8. The van der Waals surface area contributed by atoms with Gasteiger partial charge in [0, 0.05) is 5.41 Å². The van der Waals surface area contributed by atoms with Gasteiger partial charge in [-0.3, -0.25) is 0 Å². The Kier molecular flexibility index (Phi) is 8.13. The molecule has 2 aromatic carbocycles. The molecule has 2 atom stereocenters. The second kappa shape index (κ2) is 10.1. The molecule has 5 nitrogen and oxygen atoms in total. The maximum absolute atomic E-state index is 9.49. The first-order valence-corrected chi connectivity index (χ1v) is 9.81. The van der Waals surface area contributed by atoms with Gasteiger partial charge in [-0.1, -0.05) is 38.1 Å². The van der Waals surface area contributed by atoms with Crippen LogP contribution in [0.1, 0.15) is 30.5 Å². The lowest BCUT2D eigenvalue weighted by molar-refractivity contribution is 0.0534. The highest BCUT2D eigenvalue weighted by molar-refractivity contribution is 6.18. The van der Waals surface area contributed by atoms with Crippen LogP contribution in [-0.4, -0.2) is 53.2 Å². The Morgan fingerprint density at radius 3 is 2.11 bits per heavy atom. The highest BCUT2D eigenvalue weighted by Gasteiger charge is 2.24. The molecule has 0 aliphatic rings. The molecule has 6 heteroatoms. The van der Waals surface area contributed by atoms with Gasteiger partial charge in [-0.25, -0.2) is 0 Å². The van der Waals surface area contributed by atoms with E-state index in [1.807, 2.05) is 43.3 Å². The van der Waals surface area contributed by atoms with Crippen LogP contribution in [0.2, 0.25) is 0 Å². The first-order valence-electron chi connectivity index (χ1n) is 9.28. The van der Waals surface area contributed by atoms with Crippen molar-refractivity contribution in [2.75, 3.05) is 25.7 Å². The number of benzene rings is 2. The van der Waals surface area contributed by atoms with Gasteiger partial charge in [-0.05, 0) is 41.8 Å². The number of aryl methyl sites for hydroxylation is 1. The van der Waals surface area contributed by atoms with Crippen molar-refractivity contribution in [3.63, 3.8) is 0 Å². The topological polar surface area (TPSA) is 79.2 Å². The zero-order valence-electron chi connectivity index (χ0n) is 16.6. The Morgan fingerprint density at radius 2 is 1.54 bits per heavy atom. The van der Waals surface area contributed by atoms with E-state index >= 15 is 0 Å². The average Bonchev–Trinajstić information content (AvgIpc) is 2.70. The van der Waals surface area contributed by atoms with E-state index in [0.717, 1.165) is 16.7 Å². The third kappa shape index (κ3) is 5.85. The van der Waals surface area contributed by atoms with E-state index in [1.165, 1.54) is 0 Å². The van der Waals surface area contributed by atoms with Gasteiger partial charge in [0.15, 0.2) is 0 Å². The Bertz CT molecular complexity index is 745. The van der Waals surface area contributed by atoms with Gasteiger partial charge >= 0.3 is 0 Å². The van der Waals surface area contributed by atoms with Crippen LogP contribution in [0.5, 0.6) is 11.5 Å². The van der Waals surface area contributed by atoms with Gasteiger partial charge in [-0.15, -0.1) is 11.6 Å². The third-order valence-corrected chi connectivity index (χ3v) is 5.09. The number of aliphatic hydroxyl groups excluding tert-OH is 3. The molecule has 0 radical (unpaired) electrons. The van der Waals surface area contributed by atoms with Gasteiger partial charge in [0.25, 0.3) is 0 Å². The Labute approximate surface area is 171 Å². The summed E-state index contributed by atoms with van der Waals surface area (Å²) in [4.78, 5) is 0. The minimum Gasteiger partial charge on any atom is -0.491 e. The van der Waals surface area contributed by atoms with Crippen molar-refractivity contribution in [1.29, 1.82) is 0 Å². The van der Waals surface area contributed by atoms with Gasteiger partial charge in [-0.2, -0.15) is 0 Å². The maximum Gasteiger partial charge on any atom is 0.122 e. The van der Waals surface area contributed by atoms with Crippen molar-refractivity contribution >= 4 is 11.6 Å². The lowest BCUT2D eigenvalue weighted by Crippen LogP contribution is -2.22. The van der Waals surface area contributed by atoms with Gasteiger partial charge < -0.3 is 24.8 Å². The van der Waals surface area contributed by atoms with Crippen molar-refractivity contribution in [3.05, 3.63) is 59.2 Å². The van der Waals surface area contributed by atoms with Crippen LogP contribution in [0.3, 0.4) is 0 Å². The molecule has 0 aromatic heterocycles. The zero-order chi connectivity index (χ0) is 20.7. The van der Waals surface area contributed by atoms with Crippen molar-refractivity contribution in [2.45, 2.75) is 38.4 Å². The summed E-state index contributed by atoms with van der Waals surface area (Å²) < 4.78 is 11.1. The van der Waals surface area contributed by atoms with E-state index in [9.17, 15) is 10.2 Å². The summed E-state index contributed by atoms with van der Waals surface area (Å²) in [6, 6.07) is 13.8. The van der Waals surface area contributed by atoms with E-state index in [-0.39, 0.29) is 31.1 Å². The average molecular weight is 409 g/mol. The standard InChI is InChI=1S/C22H29ClO5/c1-15-10-17(6-9-21(15)28-14-19(26)12-24)22(2,3)16-4-7-20(8-5-16)27-13-18(25)11-23/h4-10,18-19,24-26H,11-14H2,1-3H3/t18-,19-/m0/s1. The van der Waals surface area contributed by atoms with Crippen LogP contribution in [0.25, 0.3) is 0 Å². The summed E-state index contributed by atoms with van der Waals surface area (Å²) in [5.74, 6) is 1.52. The lowest BCUT2D eigenvalue weighted by Gasteiger charge is -2.27. The van der Waals surface area contributed by atoms with Crippen LogP contribution in [0.4, 0.5) is 0 Å². The largest absolute Gasteiger partial charge is 0.491 e. The fraction of sp³-hybridized carbons (Fsp3) is 0.455. The number of halogens is 1. The molecule has 0 bridgehead atoms. The first kappa shape index (κ1) is 22.5. The first-order chi connectivity index (χ1) is 13.3. The molecule has 28 heavy (non-hydrogen) atoms. The molecule has 3 N–H and O–H groups in total. The van der Waals surface area contributed by atoms with Crippen molar-refractivity contribution in [1.82, 2.24) is 0 Å². The van der Waals surface area contributed by atoms with Crippen LogP contribution in [0, 0.1) is 6.92 Å². The fourth-order valence-electron chi connectivity index (χ4n) is 2.81. The summed E-state index contributed by atoms with van der Waals surface area (Å²) in [5.41, 5.74) is 2.99. The molecule has 0 spiro atoms. The zero-order valence-corrected chi connectivity index (χ0v) is 17.3. The van der Waals surface area contributed by atoms with Crippen molar-refractivity contribution in [3.8, 4) is 11.5 Å². The molecule has 0 amide bonds. The minimum atomic E-state index is -0.887. The van der Waals surface area contributed by atoms with E-state index in [2.05, 4.69) is 19.9 Å². The number of aliphatic hydroxyl groups is 3. The van der Waals surface area contributed by atoms with E-state index in [4.69, 9.17) is 26.2 Å². The summed E-state index contributed by atoms with van der Waals surface area (Å²) >= 11 is 5.58. The number of ether oxygens (including phenoxy) is 2. The van der Waals surface area contributed by atoms with Crippen LogP contribution < -0.4 is 9.47 Å². The molecular formula is C22H29ClO5. The van der Waals surface area contributed by atoms with E-state index < -0.39 is 12.2 Å². The minimum absolute atomic E-state index is 0.0555.